The maximum Gasteiger partial charge on any atom is 0.0949 e. The minimum absolute atomic E-state index is 1.01. The molecule has 1 saturated heterocycles. The molecule has 0 unspecified atom stereocenters. The maximum absolute atomic E-state index is 4.39. The second-order valence-corrected chi connectivity index (χ2v) is 4.04. The van der Waals surface area contributed by atoms with Crippen LogP contribution in [0.4, 0.5) is 0 Å². The van der Waals surface area contributed by atoms with Gasteiger partial charge in [-0.1, -0.05) is 0 Å². The topological polar surface area (TPSA) is 33.1 Å². The van der Waals surface area contributed by atoms with Gasteiger partial charge >= 0.3 is 0 Å². The second kappa shape index (κ2) is 5.28. The maximum atomic E-state index is 4.39. The summed E-state index contributed by atoms with van der Waals surface area (Å²) in [5.74, 6) is 0. The van der Waals surface area contributed by atoms with Crippen LogP contribution in [-0.4, -0.2) is 47.2 Å². The lowest BCUT2D eigenvalue weighted by molar-refractivity contribution is 0.243. The third kappa shape index (κ3) is 3.04. The van der Waals surface area contributed by atoms with E-state index in [2.05, 4.69) is 32.9 Å². The zero-order chi connectivity index (χ0) is 10.5. The summed E-state index contributed by atoms with van der Waals surface area (Å²) in [6.07, 6.45) is 5.16. The van der Waals surface area contributed by atoms with E-state index in [0.717, 1.165) is 32.6 Å². The Bertz CT molecular complexity index is 289. The van der Waals surface area contributed by atoms with Crippen molar-refractivity contribution in [3.8, 4) is 0 Å². The molecule has 4 heteroatoms. The Morgan fingerprint density at radius 2 is 2.20 bits per heavy atom. The minimum atomic E-state index is 1.01. The van der Waals surface area contributed by atoms with Gasteiger partial charge in [0, 0.05) is 51.9 Å². The third-order valence-corrected chi connectivity index (χ3v) is 2.95. The minimum Gasteiger partial charge on any atom is -0.337 e. The molecule has 0 bridgehead atoms. The highest BCUT2D eigenvalue weighted by molar-refractivity contribution is 4.97. The van der Waals surface area contributed by atoms with Crippen molar-refractivity contribution in [1.82, 2.24) is 19.8 Å². The number of nitrogens with zero attached hydrogens (tertiary/aromatic N) is 3. The van der Waals surface area contributed by atoms with Crippen LogP contribution in [-0.2, 0) is 13.0 Å². The summed E-state index contributed by atoms with van der Waals surface area (Å²) in [5.41, 5.74) is 1.22. The van der Waals surface area contributed by atoms with Gasteiger partial charge in [0.15, 0.2) is 0 Å². The van der Waals surface area contributed by atoms with E-state index in [1.807, 2.05) is 6.33 Å². The average Bonchev–Trinajstić information content (AvgIpc) is 2.76. The predicted octanol–water partition coefficient (Wildman–Crippen LogP) is 0.351. The van der Waals surface area contributed by atoms with Crippen molar-refractivity contribution in [2.24, 2.45) is 0 Å². The molecule has 1 aliphatic rings. The fraction of sp³-hybridized carbons (Fsp3) is 0.727. The van der Waals surface area contributed by atoms with Gasteiger partial charge in [-0.15, -0.1) is 0 Å². The van der Waals surface area contributed by atoms with Crippen LogP contribution < -0.4 is 5.32 Å². The molecule has 0 spiro atoms. The zero-order valence-corrected chi connectivity index (χ0v) is 9.45. The number of rotatable bonds is 4. The lowest BCUT2D eigenvalue weighted by atomic mass is 10.3. The predicted molar refractivity (Wildman–Crippen MR) is 60.9 cm³/mol. The molecule has 0 aromatic carbocycles. The smallest absolute Gasteiger partial charge is 0.0949 e. The summed E-state index contributed by atoms with van der Waals surface area (Å²) in [7, 11) is 0. The standard InChI is InChI=1S/C11H20N4/c1-2-14-9-11(13-10-14)3-6-15-7-4-12-5-8-15/h9-10,12H,2-8H2,1H3. The Labute approximate surface area is 91.3 Å². The second-order valence-electron chi connectivity index (χ2n) is 4.04. The number of hydrogen-bond acceptors (Lipinski definition) is 3. The van der Waals surface area contributed by atoms with Crippen molar-refractivity contribution in [2.45, 2.75) is 19.9 Å². The van der Waals surface area contributed by atoms with E-state index in [-0.39, 0.29) is 0 Å². The van der Waals surface area contributed by atoms with Gasteiger partial charge in [-0.05, 0) is 6.92 Å². The van der Waals surface area contributed by atoms with Gasteiger partial charge < -0.3 is 14.8 Å². The normalized spacial score (nSPS) is 18.2. The van der Waals surface area contributed by atoms with Crippen LogP contribution in [0, 0.1) is 0 Å². The highest BCUT2D eigenvalue weighted by atomic mass is 15.2. The molecule has 0 amide bonds. The van der Waals surface area contributed by atoms with E-state index in [1.54, 1.807) is 0 Å². The number of aromatic nitrogens is 2. The van der Waals surface area contributed by atoms with Crippen LogP contribution in [0.5, 0.6) is 0 Å². The van der Waals surface area contributed by atoms with E-state index >= 15 is 0 Å². The summed E-state index contributed by atoms with van der Waals surface area (Å²) in [5, 5.41) is 3.36. The van der Waals surface area contributed by atoms with Crippen LogP contribution in [0.3, 0.4) is 0 Å². The number of nitrogens with one attached hydrogen (secondary N) is 1. The van der Waals surface area contributed by atoms with E-state index in [4.69, 9.17) is 0 Å². The third-order valence-electron chi connectivity index (χ3n) is 2.95. The molecule has 4 nitrogen and oxygen atoms in total. The number of aryl methyl sites for hydroxylation is 1. The molecule has 1 fully saturated rings. The molecular weight excluding hydrogens is 188 g/mol. The summed E-state index contributed by atoms with van der Waals surface area (Å²) >= 11 is 0. The van der Waals surface area contributed by atoms with Gasteiger partial charge in [-0.3, -0.25) is 0 Å². The number of imidazole rings is 1. The molecule has 0 aliphatic carbocycles. The Kier molecular flexibility index (Phi) is 3.75. The summed E-state index contributed by atoms with van der Waals surface area (Å²) in [6.45, 7) is 8.90. The van der Waals surface area contributed by atoms with Crippen molar-refractivity contribution < 1.29 is 0 Å². The molecule has 0 radical (unpaired) electrons. The van der Waals surface area contributed by atoms with Crippen molar-refractivity contribution in [1.29, 1.82) is 0 Å². The first-order chi connectivity index (χ1) is 7.38. The van der Waals surface area contributed by atoms with E-state index in [0.29, 0.717) is 0 Å². The van der Waals surface area contributed by atoms with E-state index < -0.39 is 0 Å². The van der Waals surface area contributed by atoms with Gasteiger partial charge in [-0.25, -0.2) is 4.98 Å². The summed E-state index contributed by atoms with van der Waals surface area (Å²) in [4.78, 5) is 6.89. The van der Waals surface area contributed by atoms with Gasteiger partial charge in [0.2, 0.25) is 0 Å². The quantitative estimate of drug-likeness (QED) is 0.775. The zero-order valence-electron chi connectivity index (χ0n) is 9.45. The average molecular weight is 208 g/mol. The van der Waals surface area contributed by atoms with Gasteiger partial charge in [0.1, 0.15) is 0 Å². The highest BCUT2D eigenvalue weighted by Crippen LogP contribution is 2.00. The largest absolute Gasteiger partial charge is 0.337 e. The SMILES string of the molecule is CCn1cnc(CCN2CCNCC2)c1. The van der Waals surface area contributed by atoms with Crippen molar-refractivity contribution in [3.63, 3.8) is 0 Å². The van der Waals surface area contributed by atoms with Crippen LogP contribution >= 0.6 is 0 Å². The lowest BCUT2D eigenvalue weighted by Crippen LogP contribution is -2.44. The molecule has 1 aromatic heterocycles. The summed E-state index contributed by atoms with van der Waals surface area (Å²) in [6, 6.07) is 0. The van der Waals surface area contributed by atoms with Gasteiger partial charge in [-0.2, -0.15) is 0 Å². The van der Waals surface area contributed by atoms with Crippen molar-refractivity contribution in [3.05, 3.63) is 18.2 Å². The van der Waals surface area contributed by atoms with E-state index in [9.17, 15) is 0 Å². The van der Waals surface area contributed by atoms with Crippen molar-refractivity contribution >= 4 is 0 Å². The Morgan fingerprint density at radius 3 is 2.87 bits per heavy atom. The molecule has 2 heterocycles. The number of piperazine rings is 1. The fourth-order valence-corrected chi connectivity index (χ4v) is 1.92. The Balaban J connectivity index is 1.76. The molecule has 84 valence electrons. The van der Waals surface area contributed by atoms with Crippen molar-refractivity contribution in [2.75, 3.05) is 32.7 Å². The van der Waals surface area contributed by atoms with Gasteiger partial charge in [0.25, 0.3) is 0 Å². The first-order valence-corrected chi connectivity index (χ1v) is 5.82. The molecule has 1 aromatic rings. The van der Waals surface area contributed by atoms with Crippen LogP contribution in [0.2, 0.25) is 0 Å². The van der Waals surface area contributed by atoms with E-state index in [1.165, 1.54) is 18.8 Å². The number of hydrogen-bond donors (Lipinski definition) is 1. The molecule has 0 saturated carbocycles. The Morgan fingerprint density at radius 1 is 1.40 bits per heavy atom. The van der Waals surface area contributed by atoms with Gasteiger partial charge in [0.05, 0.1) is 12.0 Å². The molecule has 2 rings (SSSR count). The first-order valence-electron chi connectivity index (χ1n) is 5.82. The molecule has 15 heavy (non-hydrogen) atoms. The molecule has 1 aliphatic heterocycles. The Hall–Kier alpha value is -0.870. The van der Waals surface area contributed by atoms with Crippen LogP contribution in [0.15, 0.2) is 12.5 Å². The monoisotopic (exact) mass is 208 g/mol. The van der Waals surface area contributed by atoms with Crippen LogP contribution in [0.25, 0.3) is 0 Å². The molecule has 1 N–H and O–H groups in total. The molecular formula is C11H20N4. The fourth-order valence-electron chi connectivity index (χ4n) is 1.92. The lowest BCUT2D eigenvalue weighted by Gasteiger charge is -2.26. The highest BCUT2D eigenvalue weighted by Gasteiger charge is 2.09. The van der Waals surface area contributed by atoms with Crippen LogP contribution in [0.1, 0.15) is 12.6 Å². The first kappa shape index (κ1) is 10.6. The summed E-state index contributed by atoms with van der Waals surface area (Å²) < 4.78 is 2.13. The molecule has 0 atom stereocenters.